The molecule has 1 amide bonds. The summed E-state index contributed by atoms with van der Waals surface area (Å²) in [7, 11) is 0. The van der Waals surface area contributed by atoms with Crippen LogP contribution in [0.3, 0.4) is 0 Å². The van der Waals surface area contributed by atoms with Gasteiger partial charge >= 0.3 is 6.09 Å². The molecule has 344 valence electrons. The van der Waals surface area contributed by atoms with Gasteiger partial charge in [-0.25, -0.2) is 9.18 Å². The summed E-state index contributed by atoms with van der Waals surface area (Å²) in [4.78, 5) is 22.6. The summed E-state index contributed by atoms with van der Waals surface area (Å²) in [6.07, 6.45) is 12.2. The third kappa shape index (κ3) is 10.7. The topological polar surface area (TPSA) is 129 Å². The fraction of sp³-hybridized carbons (Fsp3) is 0.500. The van der Waals surface area contributed by atoms with Crippen LogP contribution in [0, 0.1) is 37.4 Å². The minimum Gasteiger partial charge on any atom is -0.459 e. The lowest BCUT2D eigenvalue weighted by Gasteiger charge is -2.60. The van der Waals surface area contributed by atoms with Crippen LogP contribution < -0.4 is 9.47 Å². The van der Waals surface area contributed by atoms with Gasteiger partial charge in [-0.3, -0.25) is 4.90 Å². The number of hydrogen-bond acceptors (Lipinski definition) is 10. The number of hydrogen-bond donors (Lipinski definition) is 2. The van der Waals surface area contributed by atoms with Gasteiger partial charge in [-0.05, 0) is 135 Å². The quantitative estimate of drug-likeness (QED) is 0.0610. The van der Waals surface area contributed by atoms with Crippen LogP contribution in [0.4, 0.5) is 9.18 Å². The highest BCUT2D eigenvalue weighted by atomic mass is 19.1. The van der Waals surface area contributed by atoms with E-state index in [9.17, 15) is 19.4 Å². The van der Waals surface area contributed by atoms with Crippen molar-refractivity contribution in [2.24, 2.45) is 22.9 Å². The summed E-state index contributed by atoms with van der Waals surface area (Å²) < 4.78 is 47.4. The summed E-state index contributed by atoms with van der Waals surface area (Å²) in [6.45, 7) is 13.0. The normalized spacial score (nSPS) is 25.3. The second kappa shape index (κ2) is 22.3. The van der Waals surface area contributed by atoms with E-state index in [2.05, 4.69) is 39.1 Å². The van der Waals surface area contributed by atoms with Gasteiger partial charge in [-0.15, -0.1) is 13.2 Å². The van der Waals surface area contributed by atoms with E-state index in [4.69, 9.17) is 33.7 Å². The van der Waals surface area contributed by atoms with Crippen molar-refractivity contribution >= 4 is 11.8 Å². The van der Waals surface area contributed by atoms with E-state index >= 15 is 0 Å². The average Bonchev–Trinajstić information content (AvgIpc) is 3.30. The number of carbonyl (C=O) groups excluding carboxylic acids is 1. The zero-order valence-electron chi connectivity index (χ0n) is 37.4. The molecule has 7 atom stereocenters. The number of aryl methyl sites for hydroxylation is 2. The Labute approximate surface area is 377 Å². The SMILES string of the molecule is C=CCCOC(=O)N(Cc1ccc(F)cc1)[C@H]1CC(=NOC2CCCCO2)C2=C[C@H](CCCCO)[C@@H](CCCCO)[C@@H]3c4cc(Oc5ccc(C)c(C)c5)ccc4O[C@@]1(OCC=C)[C@H]23. The highest BCUT2D eigenvalue weighted by Gasteiger charge is 2.65. The zero-order valence-corrected chi connectivity index (χ0v) is 37.4. The van der Waals surface area contributed by atoms with Crippen LogP contribution in [0.1, 0.15) is 98.8 Å². The Hall–Kier alpha value is -5.01. The molecule has 1 saturated heterocycles. The first-order valence-corrected chi connectivity index (χ1v) is 23.1. The van der Waals surface area contributed by atoms with Gasteiger partial charge < -0.3 is 38.7 Å². The van der Waals surface area contributed by atoms with Gasteiger partial charge in [0.25, 0.3) is 0 Å². The largest absolute Gasteiger partial charge is 0.459 e. The summed E-state index contributed by atoms with van der Waals surface area (Å²) in [5.41, 5.74) is 5.46. The maximum absolute atomic E-state index is 14.7. The molecule has 4 aliphatic rings. The van der Waals surface area contributed by atoms with Gasteiger partial charge in [0.15, 0.2) is 0 Å². The predicted molar refractivity (Wildman–Crippen MR) is 244 cm³/mol. The monoisotopic (exact) mass is 880 g/mol. The molecule has 2 aliphatic carbocycles. The van der Waals surface area contributed by atoms with E-state index in [0.717, 1.165) is 61.0 Å². The number of rotatable bonds is 21. The minimum atomic E-state index is -1.52. The van der Waals surface area contributed by atoms with E-state index in [1.165, 1.54) is 17.7 Å². The Morgan fingerprint density at radius 2 is 1.72 bits per heavy atom. The number of unbranched alkanes of at least 4 members (excludes halogenated alkanes) is 2. The van der Waals surface area contributed by atoms with Crippen molar-refractivity contribution in [1.29, 1.82) is 0 Å². The zero-order chi connectivity index (χ0) is 45.1. The number of fused-ring (bicyclic) bond motifs is 2. The van der Waals surface area contributed by atoms with Crippen molar-refractivity contribution < 1.29 is 47.9 Å². The second-order valence-corrected chi connectivity index (χ2v) is 17.5. The van der Waals surface area contributed by atoms with Crippen molar-refractivity contribution in [2.45, 2.75) is 115 Å². The molecule has 0 bridgehead atoms. The summed E-state index contributed by atoms with van der Waals surface area (Å²) in [5, 5.41) is 24.9. The van der Waals surface area contributed by atoms with Crippen LogP contribution in [0.25, 0.3) is 0 Å². The molecule has 2 fully saturated rings. The highest BCUT2D eigenvalue weighted by molar-refractivity contribution is 6.03. The minimum absolute atomic E-state index is 0.0119. The number of amides is 1. The fourth-order valence-corrected chi connectivity index (χ4v) is 9.94. The Bertz CT molecular complexity index is 2120. The Morgan fingerprint density at radius 1 is 0.953 bits per heavy atom. The number of halogens is 1. The van der Waals surface area contributed by atoms with Crippen molar-refractivity contribution in [3.8, 4) is 17.2 Å². The number of allylic oxidation sites excluding steroid dienone is 1. The van der Waals surface area contributed by atoms with Gasteiger partial charge in [-0.1, -0.05) is 54.4 Å². The molecule has 2 N–H and O–H groups in total. The first-order valence-electron chi connectivity index (χ1n) is 23.1. The molecule has 7 rings (SSSR count). The summed E-state index contributed by atoms with van der Waals surface area (Å²) >= 11 is 0. The van der Waals surface area contributed by atoms with Crippen molar-refractivity contribution in [2.75, 3.05) is 33.0 Å². The van der Waals surface area contributed by atoms with Gasteiger partial charge in [0, 0.05) is 44.1 Å². The first kappa shape index (κ1) is 47.0. The van der Waals surface area contributed by atoms with Crippen molar-refractivity contribution in [3.05, 3.63) is 126 Å². The number of aliphatic hydroxyl groups excluding tert-OH is 2. The van der Waals surface area contributed by atoms with Crippen LogP contribution in [-0.4, -0.2) is 78.1 Å². The molecule has 2 aliphatic heterocycles. The number of carbonyl (C=O) groups is 1. The van der Waals surface area contributed by atoms with Crippen LogP contribution in [0.5, 0.6) is 17.2 Å². The van der Waals surface area contributed by atoms with Crippen LogP contribution in [0.15, 0.2) is 103 Å². The molecule has 0 spiro atoms. The molecular formula is C52H65FN2O9. The lowest BCUT2D eigenvalue weighted by molar-refractivity contribution is -0.256. The maximum atomic E-state index is 14.7. The number of aliphatic hydroxyl groups is 2. The van der Waals surface area contributed by atoms with Gasteiger partial charge in [0.2, 0.25) is 12.1 Å². The number of nitrogens with zero attached hydrogens (tertiary/aromatic N) is 2. The molecule has 12 heteroatoms. The maximum Gasteiger partial charge on any atom is 0.410 e. The molecule has 11 nitrogen and oxygen atoms in total. The molecule has 1 saturated carbocycles. The molecule has 2 heterocycles. The van der Waals surface area contributed by atoms with Crippen LogP contribution in [-0.2, 0) is 25.6 Å². The third-order valence-corrected chi connectivity index (χ3v) is 13.2. The molecule has 0 aromatic heterocycles. The number of benzene rings is 3. The Balaban J connectivity index is 1.45. The smallest absolute Gasteiger partial charge is 0.410 e. The van der Waals surface area contributed by atoms with Gasteiger partial charge in [0.1, 0.15) is 29.1 Å². The van der Waals surface area contributed by atoms with E-state index in [1.54, 1.807) is 29.2 Å². The predicted octanol–water partition coefficient (Wildman–Crippen LogP) is 10.6. The van der Waals surface area contributed by atoms with Gasteiger partial charge in [-0.2, -0.15) is 0 Å². The number of oxime groups is 1. The van der Waals surface area contributed by atoms with Gasteiger partial charge in [0.05, 0.1) is 31.5 Å². The van der Waals surface area contributed by atoms with E-state index in [0.29, 0.717) is 55.1 Å². The summed E-state index contributed by atoms with van der Waals surface area (Å²) in [6, 6.07) is 17.2. The second-order valence-electron chi connectivity index (χ2n) is 17.5. The lowest BCUT2D eigenvalue weighted by Crippen LogP contribution is -2.70. The van der Waals surface area contributed by atoms with Crippen molar-refractivity contribution in [1.82, 2.24) is 4.90 Å². The molecule has 3 aromatic rings. The van der Waals surface area contributed by atoms with Crippen LogP contribution >= 0.6 is 0 Å². The fourth-order valence-electron chi connectivity index (χ4n) is 9.94. The molecule has 64 heavy (non-hydrogen) atoms. The van der Waals surface area contributed by atoms with Crippen molar-refractivity contribution in [3.63, 3.8) is 0 Å². The number of ether oxygens (including phenoxy) is 5. The average molecular weight is 881 g/mol. The molecule has 0 radical (unpaired) electrons. The van der Waals surface area contributed by atoms with E-state index in [1.807, 2.05) is 30.3 Å². The molecule has 1 unspecified atom stereocenters. The van der Waals surface area contributed by atoms with E-state index in [-0.39, 0.29) is 57.1 Å². The van der Waals surface area contributed by atoms with Crippen LogP contribution in [0.2, 0.25) is 0 Å². The lowest BCUT2D eigenvalue weighted by atomic mass is 9.55. The molecular weight excluding hydrogens is 816 g/mol. The molecule has 3 aromatic carbocycles. The Kier molecular flexibility index (Phi) is 16.3. The third-order valence-electron chi connectivity index (χ3n) is 13.2. The summed E-state index contributed by atoms with van der Waals surface area (Å²) in [5.74, 6) is -0.703. The first-order chi connectivity index (χ1) is 31.2. The van der Waals surface area contributed by atoms with E-state index < -0.39 is 35.9 Å². The highest BCUT2D eigenvalue weighted by Crippen LogP contribution is 2.62. The standard InChI is InChI=1S/C52H65FN2O9/c1-5-7-28-60-51(58)55(34-37-18-20-39(53)21-19-37)47-33-45(54-64-48-16-10-13-29-59-48)43-31-38(14-8-11-25-56)42(15-9-12-26-57)49-44-32-41(62-40-22-17-35(3)36(4)30-40)23-24-46(44)63-52(47,50(43)49)61-27-6-2/h5-6,17-24,30-32,38,42,47-50,56-57H,1-2,7-16,25-29,33-34H2,3-4H3/t38-,42+,47-,48?,49+,50+,52+/m0/s1. The Morgan fingerprint density at radius 3 is 2.44 bits per heavy atom.